The molecule has 2 aromatic rings. The Morgan fingerprint density at radius 3 is 2.62 bits per heavy atom. The zero-order valence-electron chi connectivity index (χ0n) is 13.6. The molecule has 1 heterocycles. The lowest BCUT2D eigenvalue weighted by Crippen LogP contribution is -2.36. The molecule has 2 amide bonds. The number of benzene rings is 1. The van der Waals surface area contributed by atoms with Gasteiger partial charge in [-0.2, -0.15) is 11.3 Å². The number of hydrogen-bond acceptors (Lipinski definition) is 4. The number of amides is 2. The van der Waals surface area contributed by atoms with Crippen molar-refractivity contribution < 1.29 is 14.7 Å². The van der Waals surface area contributed by atoms with E-state index in [1.165, 1.54) is 11.3 Å². The van der Waals surface area contributed by atoms with Crippen LogP contribution in [0.25, 0.3) is 0 Å². The lowest BCUT2D eigenvalue weighted by atomic mass is 10.0. The van der Waals surface area contributed by atoms with Gasteiger partial charge in [-0.25, -0.2) is 0 Å². The first-order chi connectivity index (χ1) is 11.6. The number of carbonyl (C=O) groups excluding carboxylic acids is 2. The van der Waals surface area contributed by atoms with E-state index in [1.54, 1.807) is 11.4 Å². The molecule has 2 rings (SSSR count). The summed E-state index contributed by atoms with van der Waals surface area (Å²) in [5, 5.41) is 19.3. The number of aliphatic hydroxyl groups excluding tert-OH is 1. The quantitative estimate of drug-likeness (QED) is 0.687. The van der Waals surface area contributed by atoms with Crippen molar-refractivity contribution in [1.82, 2.24) is 10.6 Å². The van der Waals surface area contributed by atoms with Crippen LogP contribution in [0.2, 0.25) is 0 Å². The van der Waals surface area contributed by atoms with Crippen molar-refractivity contribution in [3.63, 3.8) is 0 Å². The van der Waals surface area contributed by atoms with Crippen LogP contribution in [0.5, 0.6) is 0 Å². The van der Waals surface area contributed by atoms with Crippen LogP contribution in [0.4, 0.5) is 0 Å². The number of hydrogen-bond donors (Lipinski definition) is 3. The topological polar surface area (TPSA) is 78.4 Å². The van der Waals surface area contributed by atoms with Crippen LogP contribution in [-0.4, -0.2) is 29.5 Å². The van der Waals surface area contributed by atoms with Gasteiger partial charge in [0.05, 0.1) is 6.10 Å². The largest absolute Gasteiger partial charge is 0.388 e. The molecule has 1 aromatic heterocycles. The predicted molar refractivity (Wildman–Crippen MR) is 94.9 cm³/mol. The highest BCUT2D eigenvalue weighted by Crippen LogP contribution is 2.17. The van der Waals surface area contributed by atoms with Crippen LogP contribution in [0.1, 0.15) is 41.8 Å². The van der Waals surface area contributed by atoms with E-state index in [2.05, 4.69) is 10.6 Å². The average molecular weight is 346 g/mol. The summed E-state index contributed by atoms with van der Waals surface area (Å²) in [7, 11) is 0. The summed E-state index contributed by atoms with van der Waals surface area (Å²) in [4.78, 5) is 23.6. The average Bonchev–Trinajstić information content (AvgIpc) is 3.10. The molecule has 0 fully saturated rings. The molecule has 0 bridgehead atoms. The second-order valence-electron chi connectivity index (χ2n) is 5.65. The lowest BCUT2D eigenvalue weighted by Gasteiger charge is -2.18. The Balaban J connectivity index is 1.67. The highest BCUT2D eigenvalue weighted by molar-refractivity contribution is 7.08. The molecule has 24 heavy (non-hydrogen) atoms. The summed E-state index contributed by atoms with van der Waals surface area (Å²) in [5.41, 5.74) is 1.45. The van der Waals surface area contributed by atoms with E-state index in [0.717, 1.165) is 5.56 Å². The van der Waals surface area contributed by atoms with E-state index in [-0.39, 0.29) is 30.8 Å². The molecule has 0 aliphatic carbocycles. The van der Waals surface area contributed by atoms with Crippen LogP contribution < -0.4 is 10.6 Å². The molecule has 6 heteroatoms. The van der Waals surface area contributed by atoms with Crippen molar-refractivity contribution in [2.45, 2.75) is 31.9 Å². The van der Waals surface area contributed by atoms with E-state index >= 15 is 0 Å². The number of nitrogens with one attached hydrogen (secondary N) is 2. The molecule has 0 saturated heterocycles. The van der Waals surface area contributed by atoms with Crippen molar-refractivity contribution in [3.8, 4) is 0 Å². The van der Waals surface area contributed by atoms with Gasteiger partial charge in [0.25, 0.3) is 5.91 Å². The third-order valence-corrected chi connectivity index (χ3v) is 4.27. The van der Waals surface area contributed by atoms with Gasteiger partial charge in [-0.05, 0) is 30.4 Å². The van der Waals surface area contributed by atoms with E-state index in [4.69, 9.17) is 0 Å². The number of thiophene rings is 1. The van der Waals surface area contributed by atoms with E-state index < -0.39 is 6.10 Å². The summed E-state index contributed by atoms with van der Waals surface area (Å²) in [6.07, 6.45) is 0.0402. The maximum Gasteiger partial charge on any atom is 0.252 e. The van der Waals surface area contributed by atoms with E-state index in [9.17, 15) is 14.7 Å². The van der Waals surface area contributed by atoms with Crippen molar-refractivity contribution >= 4 is 23.2 Å². The minimum absolute atomic E-state index is 0.145. The Morgan fingerprint density at radius 1 is 1.21 bits per heavy atom. The van der Waals surface area contributed by atoms with Crippen LogP contribution in [-0.2, 0) is 4.79 Å². The monoisotopic (exact) mass is 346 g/mol. The van der Waals surface area contributed by atoms with Gasteiger partial charge in [-0.3, -0.25) is 9.59 Å². The van der Waals surface area contributed by atoms with Crippen molar-refractivity contribution in [2.24, 2.45) is 0 Å². The Kier molecular flexibility index (Phi) is 6.96. The molecular formula is C18H22N2O3S. The molecule has 5 nitrogen and oxygen atoms in total. The maximum atomic E-state index is 11.9. The summed E-state index contributed by atoms with van der Waals surface area (Å²) in [6.45, 7) is 2.14. The third kappa shape index (κ3) is 5.79. The highest BCUT2D eigenvalue weighted by atomic mass is 32.1. The van der Waals surface area contributed by atoms with Crippen LogP contribution in [0.15, 0.2) is 47.2 Å². The fourth-order valence-corrected chi connectivity index (χ4v) is 2.97. The summed E-state index contributed by atoms with van der Waals surface area (Å²) in [6, 6.07) is 11.0. The summed E-state index contributed by atoms with van der Waals surface area (Å²) < 4.78 is 0. The molecule has 2 atom stereocenters. The number of aliphatic hydroxyl groups is 1. The molecule has 0 aliphatic heterocycles. The molecule has 2 unspecified atom stereocenters. The minimum Gasteiger partial charge on any atom is -0.388 e. The fraction of sp³-hybridized carbons (Fsp3) is 0.333. The standard InChI is InChI=1S/C18H22N2O3S/c1-13(11-16(21)14-5-3-2-4-6-14)20-17(22)7-9-19-18(23)15-8-10-24-12-15/h2-6,8,10,12-13,16,21H,7,9,11H2,1H3,(H,19,23)(H,20,22). The van der Waals surface area contributed by atoms with Gasteiger partial charge in [0.1, 0.15) is 0 Å². The van der Waals surface area contributed by atoms with Crippen LogP contribution in [0, 0.1) is 0 Å². The second kappa shape index (κ2) is 9.20. The number of carbonyl (C=O) groups is 2. The molecule has 128 valence electrons. The van der Waals surface area contributed by atoms with Gasteiger partial charge in [0.15, 0.2) is 0 Å². The zero-order chi connectivity index (χ0) is 17.4. The second-order valence-corrected chi connectivity index (χ2v) is 6.43. The van der Waals surface area contributed by atoms with Gasteiger partial charge in [-0.1, -0.05) is 30.3 Å². The van der Waals surface area contributed by atoms with Crippen LogP contribution in [0.3, 0.4) is 0 Å². The van der Waals surface area contributed by atoms with Gasteiger partial charge in [0.2, 0.25) is 5.91 Å². The van der Waals surface area contributed by atoms with Crippen molar-refractivity contribution in [3.05, 3.63) is 58.3 Å². The first-order valence-corrected chi connectivity index (χ1v) is 8.83. The normalized spacial score (nSPS) is 13.1. The third-order valence-electron chi connectivity index (χ3n) is 3.59. The Bertz CT molecular complexity index is 644. The molecule has 0 spiro atoms. The van der Waals surface area contributed by atoms with Crippen molar-refractivity contribution in [1.29, 1.82) is 0 Å². The van der Waals surface area contributed by atoms with Gasteiger partial charge in [-0.15, -0.1) is 0 Å². The van der Waals surface area contributed by atoms with Gasteiger partial charge >= 0.3 is 0 Å². The Hall–Kier alpha value is -2.18. The highest BCUT2D eigenvalue weighted by Gasteiger charge is 2.14. The zero-order valence-corrected chi connectivity index (χ0v) is 14.4. The molecule has 0 radical (unpaired) electrons. The SMILES string of the molecule is CC(CC(O)c1ccccc1)NC(=O)CCNC(=O)c1ccsc1. The van der Waals surface area contributed by atoms with Crippen LogP contribution >= 0.6 is 11.3 Å². The number of rotatable bonds is 8. The van der Waals surface area contributed by atoms with Crippen molar-refractivity contribution in [2.75, 3.05) is 6.54 Å². The molecule has 0 aliphatic rings. The lowest BCUT2D eigenvalue weighted by molar-refractivity contribution is -0.121. The summed E-state index contributed by atoms with van der Waals surface area (Å²) >= 11 is 1.46. The molecule has 0 saturated carbocycles. The predicted octanol–water partition coefficient (Wildman–Crippen LogP) is 2.50. The molecular weight excluding hydrogens is 324 g/mol. The Labute approximate surface area is 145 Å². The summed E-state index contributed by atoms with van der Waals surface area (Å²) in [5.74, 6) is -0.315. The van der Waals surface area contributed by atoms with E-state index in [1.807, 2.05) is 42.6 Å². The van der Waals surface area contributed by atoms with E-state index in [0.29, 0.717) is 12.0 Å². The first-order valence-electron chi connectivity index (χ1n) is 7.89. The first kappa shape index (κ1) is 18.2. The maximum absolute atomic E-state index is 11.9. The van der Waals surface area contributed by atoms with Gasteiger partial charge < -0.3 is 15.7 Å². The molecule has 3 N–H and O–H groups in total. The minimum atomic E-state index is -0.611. The molecule has 1 aromatic carbocycles. The Morgan fingerprint density at radius 2 is 1.96 bits per heavy atom. The smallest absolute Gasteiger partial charge is 0.252 e. The van der Waals surface area contributed by atoms with Gasteiger partial charge in [0, 0.05) is 30.0 Å². The fourth-order valence-electron chi connectivity index (χ4n) is 2.34.